The quantitative estimate of drug-likeness (QED) is 0.687. The molecule has 0 aliphatic rings. The molecule has 0 atom stereocenters. The lowest BCUT2D eigenvalue weighted by Gasteiger charge is -2.17. The number of nitrogens with one attached hydrogen (secondary N) is 1. The second-order valence-electron chi connectivity index (χ2n) is 4.97. The zero-order valence-corrected chi connectivity index (χ0v) is 14.3. The zero-order chi connectivity index (χ0) is 15.7. The highest BCUT2D eigenvalue weighted by Crippen LogP contribution is 2.20. The van der Waals surface area contributed by atoms with Crippen molar-refractivity contribution in [1.82, 2.24) is 10.2 Å². The summed E-state index contributed by atoms with van der Waals surface area (Å²) in [7, 11) is 0. The molecule has 3 nitrogen and oxygen atoms in total. The fourth-order valence-electron chi connectivity index (χ4n) is 2.15. The van der Waals surface area contributed by atoms with Crippen LogP contribution in [0.4, 0.5) is 0 Å². The van der Waals surface area contributed by atoms with Crippen LogP contribution >= 0.6 is 23.2 Å². The summed E-state index contributed by atoms with van der Waals surface area (Å²) in [5.74, 6) is -0.139. The summed E-state index contributed by atoms with van der Waals surface area (Å²) < 4.78 is 0. The zero-order valence-electron chi connectivity index (χ0n) is 12.8. The molecule has 1 N–H and O–H groups in total. The summed E-state index contributed by atoms with van der Waals surface area (Å²) in [4.78, 5) is 14.4. The van der Waals surface area contributed by atoms with E-state index in [1.807, 2.05) is 0 Å². The Labute approximate surface area is 137 Å². The van der Waals surface area contributed by atoms with Gasteiger partial charge in [-0.2, -0.15) is 0 Å². The molecule has 0 spiro atoms. The van der Waals surface area contributed by atoms with E-state index < -0.39 is 0 Å². The number of unbranched alkanes of at least 4 members (excludes halogenated alkanes) is 2. The molecule has 1 rings (SSSR count). The van der Waals surface area contributed by atoms with Crippen LogP contribution < -0.4 is 5.32 Å². The largest absolute Gasteiger partial charge is 0.352 e. The molecule has 0 unspecified atom stereocenters. The van der Waals surface area contributed by atoms with Gasteiger partial charge in [0, 0.05) is 11.6 Å². The number of hydrogen-bond acceptors (Lipinski definition) is 2. The lowest BCUT2D eigenvalue weighted by atomic mass is 10.2. The van der Waals surface area contributed by atoms with Crippen molar-refractivity contribution in [3.63, 3.8) is 0 Å². The van der Waals surface area contributed by atoms with Crippen LogP contribution in [-0.2, 0) is 0 Å². The number of nitrogens with zero attached hydrogens (tertiary/aromatic N) is 1. The van der Waals surface area contributed by atoms with Crippen LogP contribution in [-0.4, -0.2) is 37.0 Å². The molecule has 118 valence electrons. The van der Waals surface area contributed by atoms with E-state index in [0.717, 1.165) is 32.5 Å². The number of halogens is 2. The molecule has 1 aromatic carbocycles. The fraction of sp³-hybridized carbons (Fsp3) is 0.562. The van der Waals surface area contributed by atoms with E-state index in [4.69, 9.17) is 23.2 Å². The highest BCUT2D eigenvalue weighted by molar-refractivity contribution is 6.36. The van der Waals surface area contributed by atoms with Gasteiger partial charge in [0.2, 0.25) is 0 Å². The highest BCUT2D eigenvalue weighted by Gasteiger charge is 2.09. The molecule has 0 aromatic heterocycles. The minimum absolute atomic E-state index is 0.139. The van der Waals surface area contributed by atoms with Gasteiger partial charge < -0.3 is 10.2 Å². The van der Waals surface area contributed by atoms with Crippen molar-refractivity contribution in [3.8, 4) is 0 Å². The normalized spacial score (nSPS) is 10.9. The summed E-state index contributed by atoms with van der Waals surface area (Å²) in [5.41, 5.74) is 0.476. The van der Waals surface area contributed by atoms with E-state index in [0.29, 0.717) is 22.2 Å². The van der Waals surface area contributed by atoms with Crippen molar-refractivity contribution >= 4 is 29.1 Å². The van der Waals surface area contributed by atoms with Crippen LogP contribution in [0.3, 0.4) is 0 Å². The van der Waals surface area contributed by atoms with Gasteiger partial charge in [-0.05, 0) is 50.7 Å². The number of carbonyl (C=O) groups excluding carboxylic acids is 1. The van der Waals surface area contributed by atoms with Gasteiger partial charge in [-0.1, -0.05) is 43.5 Å². The van der Waals surface area contributed by atoms with Gasteiger partial charge in [0.1, 0.15) is 0 Å². The first kappa shape index (κ1) is 18.3. The van der Waals surface area contributed by atoms with E-state index in [-0.39, 0.29) is 5.91 Å². The summed E-state index contributed by atoms with van der Waals surface area (Å²) in [6.45, 7) is 8.36. The first-order chi connectivity index (χ1) is 10.1. The van der Waals surface area contributed by atoms with Crippen LogP contribution in [0.25, 0.3) is 0 Å². The molecule has 1 aromatic rings. The van der Waals surface area contributed by atoms with Gasteiger partial charge in [-0.3, -0.25) is 4.79 Å². The van der Waals surface area contributed by atoms with Gasteiger partial charge in [0.25, 0.3) is 5.91 Å². The topological polar surface area (TPSA) is 32.3 Å². The van der Waals surface area contributed by atoms with Crippen molar-refractivity contribution in [2.24, 2.45) is 0 Å². The average Bonchev–Trinajstić information content (AvgIpc) is 2.46. The standard InChI is InChI=1S/C16H24Cl2N2O/c1-3-20(4-2)11-7-5-6-10-19-16(21)14-9-8-13(17)12-15(14)18/h8-9,12H,3-7,10-11H2,1-2H3,(H,19,21). The van der Waals surface area contributed by atoms with Crippen molar-refractivity contribution in [2.75, 3.05) is 26.2 Å². The molecular formula is C16H24Cl2N2O. The second kappa shape index (κ2) is 10.0. The van der Waals surface area contributed by atoms with Crippen molar-refractivity contribution in [3.05, 3.63) is 33.8 Å². The number of rotatable bonds is 9. The van der Waals surface area contributed by atoms with Crippen LogP contribution in [0.1, 0.15) is 43.5 Å². The third-order valence-electron chi connectivity index (χ3n) is 3.51. The van der Waals surface area contributed by atoms with Crippen LogP contribution in [0.15, 0.2) is 18.2 Å². The minimum atomic E-state index is -0.139. The maximum atomic E-state index is 12.0. The molecule has 1 amide bonds. The molecule has 0 saturated carbocycles. The first-order valence-electron chi connectivity index (χ1n) is 7.54. The fourth-order valence-corrected chi connectivity index (χ4v) is 2.64. The predicted molar refractivity (Wildman–Crippen MR) is 90.4 cm³/mol. The number of hydrogen-bond donors (Lipinski definition) is 1. The van der Waals surface area contributed by atoms with E-state index in [2.05, 4.69) is 24.1 Å². The number of benzene rings is 1. The molecule has 0 heterocycles. The van der Waals surface area contributed by atoms with Crippen LogP contribution in [0.2, 0.25) is 10.0 Å². The summed E-state index contributed by atoms with van der Waals surface area (Å²) in [5, 5.41) is 3.82. The molecule has 0 fully saturated rings. The van der Waals surface area contributed by atoms with Crippen LogP contribution in [0, 0.1) is 0 Å². The molecule has 0 saturated heterocycles. The SMILES string of the molecule is CCN(CC)CCCCCNC(=O)c1ccc(Cl)cc1Cl. The number of carbonyl (C=O) groups is 1. The van der Waals surface area contributed by atoms with E-state index in [1.54, 1.807) is 18.2 Å². The Hall–Kier alpha value is -0.770. The molecular weight excluding hydrogens is 307 g/mol. The van der Waals surface area contributed by atoms with Gasteiger partial charge in [-0.15, -0.1) is 0 Å². The Morgan fingerprint density at radius 2 is 1.86 bits per heavy atom. The minimum Gasteiger partial charge on any atom is -0.352 e. The van der Waals surface area contributed by atoms with Gasteiger partial charge in [0.15, 0.2) is 0 Å². The van der Waals surface area contributed by atoms with Gasteiger partial charge in [0.05, 0.1) is 10.6 Å². The maximum Gasteiger partial charge on any atom is 0.252 e. The third-order valence-corrected chi connectivity index (χ3v) is 4.05. The first-order valence-corrected chi connectivity index (χ1v) is 8.29. The van der Waals surface area contributed by atoms with Gasteiger partial charge >= 0.3 is 0 Å². The van der Waals surface area contributed by atoms with E-state index in [1.165, 1.54) is 6.42 Å². The lowest BCUT2D eigenvalue weighted by Crippen LogP contribution is -2.26. The molecule has 21 heavy (non-hydrogen) atoms. The highest BCUT2D eigenvalue weighted by atomic mass is 35.5. The van der Waals surface area contributed by atoms with E-state index >= 15 is 0 Å². The monoisotopic (exact) mass is 330 g/mol. The molecule has 5 heteroatoms. The molecule has 0 radical (unpaired) electrons. The van der Waals surface area contributed by atoms with Crippen molar-refractivity contribution in [2.45, 2.75) is 33.1 Å². The Morgan fingerprint density at radius 3 is 2.48 bits per heavy atom. The lowest BCUT2D eigenvalue weighted by molar-refractivity contribution is 0.0953. The molecule has 0 aliphatic heterocycles. The molecule has 0 bridgehead atoms. The predicted octanol–water partition coefficient (Wildman–Crippen LogP) is 4.24. The average molecular weight is 331 g/mol. The summed E-state index contributed by atoms with van der Waals surface area (Å²) in [6, 6.07) is 4.91. The molecule has 0 aliphatic carbocycles. The van der Waals surface area contributed by atoms with Crippen LogP contribution in [0.5, 0.6) is 0 Å². The Bertz CT molecular complexity index is 448. The second-order valence-corrected chi connectivity index (χ2v) is 5.81. The Kier molecular flexibility index (Phi) is 8.74. The van der Waals surface area contributed by atoms with E-state index in [9.17, 15) is 4.79 Å². The summed E-state index contributed by atoms with van der Waals surface area (Å²) in [6.07, 6.45) is 3.27. The summed E-state index contributed by atoms with van der Waals surface area (Å²) >= 11 is 11.8. The van der Waals surface area contributed by atoms with Gasteiger partial charge in [-0.25, -0.2) is 0 Å². The maximum absolute atomic E-state index is 12.0. The van der Waals surface area contributed by atoms with Crippen molar-refractivity contribution in [1.29, 1.82) is 0 Å². The Morgan fingerprint density at radius 1 is 1.14 bits per heavy atom. The Balaban J connectivity index is 2.22. The van der Waals surface area contributed by atoms with Crippen molar-refractivity contribution < 1.29 is 4.79 Å². The number of amides is 1. The smallest absolute Gasteiger partial charge is 0.252 e. The third kappa shape index (κ3) is 6.68.